The summed E-state index contributed by atoms with van der Waals surface area (Å²) in [5, 5.41) is 6.53. The first kappa shape index (κ1) is 15.2. The third-order valence-electron chi connectivity index (χ3n) is 3.77. The number of aromatic nitrogens is 3. The van der Waals surface area contributed by atoms with E-state index in [2.05, 4.69) is 42.5 Å². The lowest BCUT2D eigenvalue weighted by Crippen LogP contribution is -2.44. The molecule has 2 aromatic heterocycles. The summed E-state index contributed by atoms with van der Waals surface area (Å²) in [4.78, 5) is 18.2. The third kappa shape index (κ3) is 3.72. The number of rotatable bonds is 4. The highest BCUT2D eigenvalue weighted by molar-refractivity contribution is 7.09. The number of thiazole rings is 1. The van der Waals surface area contributed by atoms with Gasteiger partial charge in [-0.05, 0) is 20.9 Å². The van der Waals surface area contributed by atoms with Crippen LogP contribution in [0, 0.1) is 13.8 Å². The topological polar surface area (TPSA) is 57.2 Å². The molecule has 0 radical (unpaired) electrons. The molecule has 1 saturated heterocycles. The number of hydrogen-bond donors (Lipinski definition) is 1. The van der Waals surface area contributed by atoms with Crippen molar-refractivity contribution in [2.45, 2.75) is 20.4 Å². The van der Waals surface area contributed by atoms with Gasteiger partial charge >= 0.3 is 0 Å². The molecule has 0 unspecified atom stereocenters. The average molecular weight is 318 g/mol. The van der Waals surface area contributed by atoms with Crippen LogP contribution in [0.1, 0.15) is 16.5 Å². The minimum absolute atomic E-state index is 0.697. The second-order valence-corrected chi connectivity index (χ2v) is 6.72. The Bertz CT molecular complexity index is 633. The van der Waals surface area contributed by atoms with Crippen LogP contribution in [0.15, 0.2) is 11.4 Å². The predicted octanol–water partition coefficient (Wildman–Crippen LogP) is 1.91. The van der Waals surface area contributed by atoms with Gasteiger partial charge in [-0.2, -0.15) is 0 Å². The highest BCUT2D eigenvalue weighted by Gasteiger charge is 2.16. The minimum atomic E-state index is 0.697. The molecule has 6 nitrogen and oxygen atoms in total. The van der Waals surface area contributed by atoms with Crippen LogP contribution in [0.4, 0.5) is 11.6 Å². The van der Waals surface area contributed by atoms with E-state index in [0.29, 0.717) is 6.54 Å². The fraction of sp³-hybridized carbons (Fsp3) is 0.533. The Kier molecular flexibility index (Phi) is 4.54. The molecular weight excluding hydrogens is 296 g/mol. The molecule has 1 aliphatic rings. The Morgan fingerprint density at radius 3 is 2.59 bits per heavy atom. The maximum Gasteiger partial charge on any atom is 0.134 e. The Labute approximate surface area is 135 Å². The van der Waals surface area contributed by atoms with Crippen molar-refractivity contribution in [2.24, 2.45) is 0 Å². The molecule has 2 aromatic rings. The van der Waals surface area contributed by atoms with Gasteiger partial charge in [0.25, 0.3) is 0 Å². The molecule has 0 amide bonds. The van der Waals surface area contributed by atoms with Crippen molar-refractivity contribution in [3.05, 3.63) is 28.0 Å². The van der Waals surface area contributed by atoms with Gasteiger partial charge in [0.1, 0.15) is 17.5 Å². The SMILES string of the molecule is Cc1nc(NCc2csc(C)n2)cc(N2CCN(C)CC2)n1. The van der Waals surface area contributed by atoms with E-state index in [1.807, 2.05) is 19.9 Å². The van der Waals surface area contributed by atoms with Gasteiger partial charge in [-0.25, -0.2) is 15.0 Å². The van der Waals surface area contributed by atoms with Crippen molar-refractivity contribution in [2.75, 3.05) is 43.4 Å². The van der Waals surface area contributed by atoms with Crippen molar-refractivity contribution in [3.8, 4) is 0 Å². The van der Waals surface area contributed by atoms with Crippen molar-refractivity contribution < 1.29 is 0 Å². The normalized spacial score (nSPS) is 16.0. The molecule has 1 N–H and O–H groups in total. The molecule has 0 aliphatic carbocycles. The third-order valence-corrected chi connectivity index (χ3v) is 4.59. The maximum absolute atomic E-state index is 4.58. The first-order valence-electron chi connectivity index (χ1n) is 7.54. The summed E-state index contributed by atoms with van der Waals surface area (Å²) < 4.78 is 0. The standard InChI is InChI=1S/C15H22N6S/c1-11-17-14(16-9-13-10-22-12(2)19-13)8-15(18-11)21-6-4-20(3)5-7-21/h8,10H,4-7,9H2,1-3H3,(H,16,17,18). The van der Waals surface area contributed by atoms with Gasteiger partial charge in [-0.1, -0.05) is 0 Å². The van der Waals surface area contributed by atoms with Crippen LogP contribution >= 0.6 is 11.3 Å². The van der Waals surface area contributed by atoms with E-state index in [-0.39, 0.29) is 0 Å². The van der Waals surface area contributed by atoms with E-state index in [4.69, 9.17) is 0 Å². The van der Waals surface area contributed by atoms with Gasteiger partial charge in [0, 0.05) is 37.6 Å². The van der Waals surface area contributed by atoms with E-state index in [9.17, 15) is 0 Å². The summed E-state index contributed by atoms with van der Waals surface area (Å²) in [6.07, 6.45) is 0. The van der Waals surface area contributed by atoms with E-state index < -0.39 is 0 Å². The van der Waals surface area contributed by atoms with Gasteiger partial charge in [-0.15, -0.1) is 11.3 Å². The summed E-state index contributed by atoms with van der Waals surface area (Å²) in [5.41, 5.74) is 1.06. The number of anilines is 2. The first-order chi connectivity index (χ1) is 10.6. The molecule has 3 rings (SSSR count). The first-order valence-corrected chi connectivity index (χ1v) is 8.42. The molecule has 1 aliphatic heterocycles. The Morgan fingerprint density at radius 1 is 1.14 bits per heavy atom. The molecule has 1 fully saturated rings. The van der Waals surface area contributed by atoms with Crippen LogP contribution in [-0.2, 0) is 6.54 Å². The second kappa shape index (κ2) is 6.58. The second-order valence-electron chi connectivity index (χ2n) is 5.66. The molecule has 0 bridgehead atoms. The van der Waals surface area contributed by atoms with Crippen LogP contribution in [0.25, 0.3) is 0 Å². The number of piperazine rings is 1. The van der Waals surface area contributed by atoms with Crippen molar-refractivity contribution >= 4 is 23.0 Å². The summed E-state index contributed by atoms with van der Waals surface area (Å²) in [6, 6.07) is 2.04. The fourth-order valence-corrected chi connectivity index (χ4v) is 3.12. The van der Waals surface area contributed by atoms with Gasteiger partial charge in [0.05, 0.1) is 17.2 Å². The average Bonchev–Trinajstić information content (AvgIpc) is 2.91. The quantitative estimate of drug-likeness (QED) is 0.929. The molecular formula is C15H22N6S. The monoisotopic (exact) mass is 318 g/mol. The summed E-state index contributed by atoms with van der Waals surface area (Å²) in [6.45, 7) is 8.83. The molecule has 0 saturated carbocycles. The van der Waals surface area contributed by atoms with Crippen LogP contribution in [-0.4, -0.2) is 53.1 Å². The fourth-order valence-electron chi connectivity index (χ4n) is 2.51. The Morgan fingerprint density at radius 2 is 1.91 bits per heavy atom. The van der Waals surface area contributed by atoms with Gasteiger partial charge in [0.15, 0.2) is 0 Å². The van der Waals surface area contributed by atoms with Crippen LogP contribution in [0.5, 0.6) is 0 Å². The summed E-state index contributed by atoms with van der Waals surface area (Å²) in [7, 11) is 2.16. The van der Waals surface area contributed by atoms with E-state index in [1.165, 1.54) is 0 Å². The largest absolute Gasteiger partial charge is 0.364 e. The number of nitrogens with zero attached hydrogens (tertiary/aromatic N) is 5. The maximum atomic E-state index is 4.58. The zero-order chi connectivity index (χ0) is 15.5. The summed E-state index contributed by atoms with van der Waals surface area (Å²) >= 11 is 1.67. The lowest BCUT2D eigenvalue weighted by atomic mass is 10.3. The van der Waals surface area contributed by atoms with E-state index >= 15 is 0 Å². The van der Waals surface area contributed by atoms with Crippen molar-refractivity contribution in [1.29, 1.82) is 0 Å². The zero-order valence-corrected chi connectivity index (χ0v) is 14.2. The van der Waals surface area contributed by atoms with Gasteiger partial charge in [-0.3, -0.25) is 0 Å². The predicted molar refractivity (Wildman–Crippen MR) is 90.7 cm³/mol. The number of nitrogens with one attached hydrogen (secondary N) is 1. The number of hydrogen-bond acceptors (Lipinski definition) is 7. The zero-order valence-electron chi connectivity index (χ0n) is 13.3. The van der Waals surface area contributed by atoms with Crippen molar-refractivity contribution in [1.82, 2.24) is 19.9 Å². The summed E-state index contributed by atoms with van der Waals surface area (Å²) in [5.74, 6) is 2.68. The van der Waals surface area contributed by atoms with E-state index in [1.54, 1.807) is 11.3 Å². The molecule has 0 spiro atoms. The lowest BCUT2D eigenvalue weighted by molar-refractivity contribution is 0.312. The van der Waals surface area contributed by atoms with Crippen molar-refractivity contribution in [3.63, 3.8) is 0 Å². The highest BCUT2D eigenvalue weighted by Crippen LogP contribution is 2.18. The minimum Gasteiger partial charge on any atom is -0.364 e. The molecule has 0 aromatic carbocycles. The van der Waals surface area contributed by atoms with Crippen LogP contribution < -0.4 is 10.2 Å². The van der Waals surface area contributed by atoms with Gasteiger partial charge < -0.3 is 15.1 Å². The van der Waals surface area contributed by atoms with E-state index in [0.717, 1.165) is 54.3 Å². The molecule has 22 heavy (non-hydrogen) atoms. The number of likely N-dealkylation sites (N-methyl/N-ethyl adjacent to an activating group) is 1. The highest BCUT2D eigenvalue weighted by atomic mass is 32.1. The Hall–Kier alpha value is -1.73. The molecule has 3 heterocycles. The molecule has 0 atom stereocenters. The van der Waals surface area contributed by atoms with Crippen LogP contribution in [0.2, 0.25) is 0 Å². The molecule has 7 heteroatoms. The number of aryl methyl sites for hydroxylation is 2. The smallest absolute Gasteiger partial charge is 0.134 e. The van der Waals surface area contributed by atoms with Gasteiger partial charge in [0.2, 0.25) is 0 Å². The lowest BCUT2D eigenvalue weighted by Gasteiger charge is -2.33. The van der Waals surface area contributed by atoms with Crippen LogP contribution in [0.3, 0.4) is 0 Å². The Balaban J connectivity index is 1.69. The molecule has 118 valence electrons.